The molecule has 0 fully saturated rings. The van der Waals surface area contributed by atoms with Crippen molar-refractivity contribution in [2.75, 3.05) is 47.5 Å². The van der Waals surface area contributed by atoms with Gasteiger partial charge in [0.05, 0.1) is 27.7 Å². The van der Waals surface area contributed by atoms with Gasteiger partial charge in [0, 0.05) is 12.8 Å². The van der Waals surface area contributed by atoms with Crippen LogP contribution in [0, 0.1) is 0 Å². The van der Waals surface area contributed by atoms with Gasteiger partial charge in [-0.05, 0) is 38.5 Å². The van der Waals surface area contributed by atoms with Crippen molar-refractivity contribution in [2.24, 2.45) is 0 Å². The van der Waals surface area contributed by atoms with Crippen LogP contribution in [0.1, 0.15) is 258 Å². The lowest BCUT2D eigenvalue weighted by molar-refractivity contribution is -0.870. The van der Waals surface area contributed by atoms with E-state index in [0.717, 1.165) is 44.9 Å². The van der Waals surface area contributed by atoms with Crippen LogP contribution in [0.4, 0.5) is 0 Å². The van der Waals surface area contributed by atoms with E-state index in [1.807, 2.05) is 21.1 Å². The second-order valence-electron chi connectivity index (χ2n) is 19.3. The van der Waals surface area contributed by atoms with Gasteiger partial charge < -0.3 is 18.9 Å². The largest absolute Gasteiger partial charge is 0.472 e. The number of allylic oxidation sites excluding steroid dienone is 2. The quantitative estimate of drug-likeness (QED) is 0.0211. The molecule has 368 valence electrons. The molecule has 2 atom stereocenters. The normalized spacial score (nSPS) is 13.5. The number of phosphoric acid groups is 1. The smallest absolute Gasteiger partial charge is 0.462 e. The molecular weight excluding hydrogens is 798 g/mol. The average Bonchev–Trinajstić information content (AvgIpc) is 3.23. The molecule has 9 nitrogen and oxygen atoms in total. The summed E-state index contributed by atoms with van der Waals surface area (Å²) in [6.07, 6.45) is 49.8. The number of rotatable bonds is 49. The second kappa shape index (κ2) is 44.9. The molecule has 0 saturated carbocycles. The molecule has 0 aliphatic rings. The Labute approximate surface area is 384 Å². The predicted octanol–water partition coefficient (Wildman–Crippen LogP) is 15.7. The number of quaternary nitrogens is 1. The van der Waals surface area contributed by atoms with Crippen molar-refractivity contribution in [3.8, 4) is 0 Å². The van der Waals surface area contributed by atoms with E-state index in [0.29, 0.717) is 23.9 Å². The number of hydrogen-bond donors (Lipinski definition) is 1. The van der Waals surface area contributed by atoms with E-state index in [4.69, 9.17) is 18.5 Å². The molecule has 2 unspecified atom stereocenters. The first kappa shape index (κ1) is 60.8. The first-order chi connectivity index (χ1) is 30.0. The molecule has 0 radical (unpaired) electrons. The number of nitrogens with zero attached hydrogens (tertiary/aromatic N) is 1. The molecule has 0 amide bonds. The van der Waals surface area contributed by atoms with Crippen LogP contribution in [-0.4, -0.2) is 74.9 Å². The number of esters is 2. The third-order valence-electron chi connectivity index (χ3n) is 11.8. The van der Waals surface area contributed by atoms with Crippen molar-refractivity contribution in [2.45, 2.75) is 264 Å². The third kappa shape index (κ3) is 48.2. The van der Waals surface area contributed by atoms with Gasteiger partial charge in [-0.25, -0.2) is 4.57 Å². The zero-order valence-corrected chi connectivity index (χ0v) is 42.5. The highest BCUT2D eigenvalue weighted by molar-refractivity contribution is 7.47. The second-order valence-corrected chi connectivity index (χ2v) is 20.7. The van der Waals surface area contributed by atoms with Gasteiger partial charge in [0.1, 0.15) is 19.8 Å². The Morgan fingerprint density at radius 1 is 0.484 bits per heavy atom. The fourth-order valence-corrected chi connectivity index (χ4v) is 8.40. The fourth-order valence-electron chi connectivity index (χ4n) is 7.66. The van der Waals surface area contributed by atoms with Gasteiger partial charge in [-0.1, -0.05) is 219 Å². The van der Waals surface area contributed by atoms with Crippen molar-refractivity contribution in [3.63, 3.8) is 0 Å². The van der Waals surface area contributed by atoms with E-state index in [2.05, 4.69) is 26.0 Å². The molecule has 0 aromatic heterocycles. The topological polar surface area (TPSA) is 108 Å². The molecule has 0 aromatic carbocycles. The van der Waals surface area contributed by atoms with Crippen molar-refractivity contribution in [1.82, 2.24) is 0 Å². The number of carbonyl (C=O) groups is 2. The van der Waals surface area contributed by atoms with E-state index in [-0.39, 0.29) is 25.6 Å². The number of likely N-dealkylation sites (N-methyl/N-ethyl adjacent to an activating group) is 1. The van der Waals surface area contributed by atoms with Crippen LogP contribution in [0.5, 0.6) is 0 Å². The van der Waals surface area contributed by atoms with Gasteiger partial charge in [-0.3, -0.25) is 18.6 Å². The van der Waals surface area contributed by atoms with Gasteiger partial charge in [-0.2, -0.15) is 0 Å². The minimum Gasteiger partial charge on any atom is -0.462 e. The molecule has 10 heteroatoms. The van der Waals surface area contributed by atoms with Gasteiger partial charge in [0.2, 0.25) is 0 Å². The van der Waals surface area contributed by atoms with Crippen LogP contribution in [0.25, 0.3) is 0 Å². The Balaban J connectivity index is 4.20. The highest BCUT2D eigenvalue weighted by Crippen LogP contribution is 2.43. The highest BCUT2D eigenvalue weighted by Gasteiger charge is 2.27. The first-order valence-corrected chi connectivity index (χ1v) is 27.9. The van der Waals surface area contributed by atoms with Crippen molar-refractivity contribution in [1.29, 1.82) is 0 Å². The first-order valence-electron chi connectivity index (χ1n) is 26.4. The zero-order valence-electron chi connectivity index (χ0n) is 41.6. The summed E-state index contributed by atoms with van der Waals surface area (Å²) >= 11 is 0. The monoisotopic (exact) mass is 901 g/mol. The van der Waals surface area contributed by atoms with E-state index in [9.17, 15) is 19.0 Å². The van der Waals surface area contributed by atoms with Gasteiger partial charge in [0.25, 0.3) is 0 Å². The number of unbranched alkanes of at least 4 members (excludes halogenated alkanes) is 33. The summed E-state index contributed by atoms with van der Waals surface area (Å²) in [6, 6.07) is 0. The SMILES string of the molecule is CCCCCCCCC/C=C\CCCCCCCCCC(=O)OC(COC(=O)CCCCCCCCCCCCCCCCCCCCCC)COP(=O)(O)OCC[N+](C)(C)C. The molecule has 1 N–H and O–H groups in total. The van der Waals surface area contributed by atoms with Crippen LogP contribution in [0.3, 0.4) is 0 Å². The van der Waals surface area contributed by atoms with Crippen molar-refractivity contribution >= 4 is 19.8 Å². The summed E-state index contributed by atoms with van der Waals surface area (Å²) in [5, 5.41) is 0. The van der Waals surface area contributed by atoms with E-state index < -0.39 is 26.5 Å². The summed E-state index contributed by atoms with van der Waals surface area (Å²) in [4.78, 5) is 35.6. The molecular formula is C52H103NO8P+. The van der Waals surface area contributed by atoms with Crippen LogP contribution in [0.2, 0.25) is 0 Å². The van der Waals surface area contributed by atoms with Gasteiger partial charge in [0.15, 0.2) is 6.10 Å². The minimum atomic E-state index is -4.38. The van der Waals surface area contributed by atoms with Gasteiger partial charge in [-0.15, -0.1) is 0 Å². The van der Waals surface area contributed by atoms with E-state index in [1.165, 1.54) is 180 Å². The standard InChI is InChI=1S/C52H102NO8P/c1-6-8-10-12-14-16-18-20-22-24-26-27-29-30-32-34-36-38-40-42-44-51(54)58-48-50(49-60-62(56,57)59-47-46-53(3,4)5)61-52(55)45-43-41-39-37-35-33-31-28-25-23-21-19-17-15-13-11-9-7-2/h23,25,50H,6-22,24,26-49H2,1-5H3/p+1/b25-23-. The molecule has 0 aliphatic carbocycles. The molecule has 0 aliphatic heterocycles. The van der Waals surface area contributed by atoms with Crippen LogP contribution < -0.4 is 0 Å². The highest BCUT2D eigenvalue weighted by atomic mass is 31.2. The lowest BCUT2D eigenvalue weighted by atomic mass is 10.0. The molecule has 62 heavy (non-hydrogen) atoms. The van der Waals surface area contributed by atoms with Crippen LogP contribution in [-0.2, 0) is 32.7 Å². The minimum absolute atomic E-state index is 0.0343. The maximum absolute atomic E-state index is 12.8. The molecule has 0 spiro atoms. The Morgan fingerprint density at radius 2 is 0.823 bits per heavy atom. The van der Waals surface area contributed by atoms with E-state index in [1.54, 1.807) is 0 Å². The fraction of sp³-hybridized carbons (Fsp3) is 0.923. The molecule has 0 rings (SSSR count). The maximum Gasteiger partial charge on any atom is 0.472 e. The predicted molar refractivity (Wildman–Crippen MR) is 261 cm³/mol. The molecule has 0 aromatic rings. The number of hydrogen-bond acceptors (Lipinski definition) is 7. The Bertz CT molecular complexity index is 1060. The number of carbonyl (C=O) groups excluding carboxylic acids is 2. The third-order valence-corrected chi connectivity index (χ3v) is 12.8. The van der Waals surface area contributed by atoms with Crippen molar-refractivity contribution in [3.05, 3.63) is 12.2 Å². The molecule has 0 saturated heterocycles. The van der Waals surface area contributed by atoms with Crippen LogP contribution in [0.15, 0.2) is 12.2 Å². The Morgan fingerprint density at radius 3 is 1.19 bits per heavy atom. The summed E-state index contributed by atoms with van der Waals surface area (Å²) in [5.41, 5.74) is 0. The Kier molecular flexibility index (Phi) is 44.0. The average molecular weight is 901 g/mol. The summed E-state index contributed by atoms with van der Waals surface area (Å²) in [6.45, 7) is 4.47. The molecule has 0 bridgehead atoms. The lowest BCUT2D eigenvalue weighted by Gasteiger charge is -2.24. The maximum atomic E-state index is 12.8. The van der Waals surface area contributed by atoms with Crippen molar-refractivity contribution < 1.29 is 42.1 Å². The summed E-state index contributed by atoms with van der Waals surface area (Å²) in [5.74, 6) is -0.787. The van der Waals surface area contributed by atoms with Crippen LogP contribution >= 0.6 is 7.82 Å². The van der Waals surface area contributed by atoms with Gasteiger partial charge >= 0.3 is 19.8 Å². The zero-order chi connectivity index (χ0) is 45.7. The lowest BCUT2D eigenvalue weighted by Crippen LogP contribution is -2.37. The van der Waals surface area contributed by atoms with E-state index >= 15 is 0 Å². The number of phosphoric ester groups is 1. The molecule has 0 heterocycles. The number of ether oxygens (including phenoxy) is 2. The summed E-state index contributed by atoms with van der Waals surface area (Å²) < 4.78 is 34.5. The summed E-state index contributed by atoms with van der Waals surface area (Å²) in [7, 11) is 1.49. The Hall–Kier alpha value is -1.25.